The van der Waals surface area contributed by atoms with Crippen molar-refractivity contribution in [3.8, 4) is 0 Å². The molecule has 0 aromatic heterocycles. The molecule has 0 unspecified atom stereocenters. The van der Waals surface area contributed by atoms with Gasteiger partial charge in [-0.1, -0.05) is 12.1 Å². The lowest BCUT2D eigenvalue weighted by Crippen LogP contribution is -2.41. The molecule has 27 heavy (non-hydrogen) atoms. The number of fused-ring (bicyclic) bond motifs is 1. The monoisotopic (exact) mass is 391 g/mol. The number of esters is 1. The van der Waals surface area contributed by atoms with Gasteiger partial charge in [0, 0.05) is 18.0 Å². The first kappa shape index (κ1) is 19.2. The van der Waals surface area contributed by atoms with Crippen molar-refractivity contribution in [2.45, 2.75) is 35.4 Å². The van der Waals surface area contributed by atoms with E-state index in [-0.39, 0.29) is 30.8 Å². The van der Waals surface area contributed by atoms with Crippen LogP contribution in [0.5, 0.6) is 0 Å². The standard InChI is InChI=1S/C18H21N3O5S/c1-21(9-15(22)19-11-6-7-11)16(23)10-26-17(24)8-14-18(25)20-12-4-2-3-5-13(12)27-14/h2-5,11,14H,6-10H2,1H3,(H,19,22)(H,20,25)/t14-/m1/s1. The number of para-hydroxylation sites is 1. The molecule has 1 aliphatic heterocycles. The van der Waals surface area contributed by atoms with Crippen LogP contribution in [-0.2, 0) is 23.9 Å². The summed E-state index contributed by atoms with van der Waals surface area (Å²) in [5, 5.41) is 4.93. The fraction of sp³-hybridized carbons (Fsp3) is 0.444. The first-order chi connectivity index (χ1) is 12.9. The zero-order valence-corrected chi connectivity index (χ0v) is 15.7. The van der Waals surface area contributed by atoms with Crippen LogP contribution in [0.4, 0.5) is 5.69 Å². The highest BCUT2D eigenvalue weighted by Crippen LogP contribution is 2.36. The van der Waals surface area contributed by atoms with Gasteiger partial charge in [0.2, 0.25) is 11.8 Å². The third-order valence-electron chi connectivity index (χ3n) is 4.16. The first-order valence-electron chi connectivity index (χ1n) is 8.68. The average molecular weight is 391 g/mol. The Kier molecular flexibility index (Phi) is 6.00. The van der Waals surface area contributed by atoms with Gasteiger partial charge in [-0.15, -0.1) is 11.8 Å². The van der Waals surface area contributed by atoms with Crippen LogP contribution >= 0.6 is 11.8 Å². The molecule has 1 fully saturated rings. The zero-order valence-electron chi connectivity index (χ0n) is 14.9. The van der Waals surface area contributed by atoms with E-state index in [4.69, 9.17) is 4.74 Å². The van der Waals surface area contributed by atoms with Crippen molar-refractivity contribution in [1.82, 2.24) is 10.2 Å². The van der Waals surface area contributed by atoms with E-state index in [0.717, 1.165) is 23.4 Å². The van der Waals surface area contributed by atoms with Gasteiger partial charge in [-0.2, -0.15) is 0 Å². The highest BCUT2D eigenvalue weighted by atomic mass is 32.2. The highest BCUT2D eigenvalue weighted by Gasteiger charge is 2.30. The molecule has 3 amide bonds. The maximum absolute atomic E-state index is 12.1. The Labute approximate surface area is 161 Å². The number of benzene rings is 1. The van der Waals surface area contributed by atoms with E-state index in [1.54, 1.807) is 6.07 Å². The molecule has 1 aliphatic carbocycles. The maximum Gasteiger partial charge on any atom is 0.307 e. The Bertz CT molecular complexity index is 765. The van der Waals surface area contributed by atoms with Crippen LogP contribution < -0.4 is 10.6 Å². The molecule has 1 atom stereocenters. The van der Waals surface area contributed by atoms with Crippen molar-refractivity contribution >= 4 is 41.1 Å². The van der Waals surface area contributed by atoms with Gasteiger partial charge in [-0.25, -0.2) is 0 Å². The third-order valence-corrected chi connectivity index (χ3v) is 5.44. The fourth-order valence-corrected chi connectivity index (χ4v) is 3.59. The predicted octanol–water partition coefficient (Wildman–Crippen LogP) is 0.770. The van der Waals surface area contributed by atoms with Crippen molar-refractivity contribution in [2.24, 2.45) is 0 Å². The van der Waals surface area contributed by atoms with Crippen molar-refractivity contribution in [3.05, 3.63) is 24.3 Å². The van der Waals surface area contributed by atoms with E-state index >= 15 is 0 Å². The van der Waals surface area contributed by atoms with Crippen molar-refractivity contribution in [1.29, 1.82) is 0 Å². The lowest BCUT2D eigenvalue weighted by molar-refractivity contribution is -0.152. The minimum atomic E-state index is -0.633. The average Bonchev–Trinajstić information content (AvgIpc) is 3.44. The summed E-state index contributed by atoms with van der Waals surface area (Å²) in [4.78, 5) is 49.9. The zero-order chi connectivity index (χ0) is 19.4. The van der Waals surface area contributed by atoms with Crippen LogP contribution in [-0.4, -0.2) is 60.1 Å². The summed E-state index contributed by atoms with van der Waals surface area (Å²) < 4.78 is 4.98. The van der Waals surface area contributed by atoms with Crippen molar-refractivity contribution in [3.63, 3.8) is 0 Å². The molecule has 1 aromatic rings. The molecule has 8 nitrogen and oxygen atoms in total. The number of nitrogens with one attached hydrogen (secondary N) is 2. The molecule has 0 bridgehead atoms. The topological polar surface area (TPSA) is 105 Å². The molecule has 2 N–H and O–H groups in total. The second kappa shape index (κ2) is 8.43. The second-order valence-corrected chi connectivity index (χ2v) is 7.79. The SMILES string of the molecule is CN(CC(=O)NC1CC1)C(=O)COC(=O)C[C@H]1Sc2ccccc2NC1=O. The van der Waals surface area contributed by atoms with Crippen LogP contribution in [0.2, 0.25) is 0 Å². The quantitative estimate of drug-likeness (QED) is 0.666. The molecule has 1 heterocycles. The molecule has 2 aliphatic rings. The molecule has 9 heteroatoms. The number of rotatable bonds is 7. The summed E-state index contributed by atoms with van der Waals surface area (Å²) in [7, 11) is 1.48. The number of anilines is 1. The summed E-state index contributed by atoms with van der Waals surface area (Å²) >= 11 is 1.29. The summed E-state index contributed by atoms with van der Waals surface area (Å²) in [6.07, 6.45) is 1.81. The summed E-state index contributed by atoms with van der Waals surface area (Å²) in [5.74, 6) is -1.60. The highest BCUT2D eigenvalue weighted by molar-refractivity contribution is 8.01. The van der Waals surface area contributed by atoms with E-state index < -0.39 is 23.7 Å². The van der Waals surface area contributed by atoms with Gasteiger partial charge in [-0.05, 0) is 25.0 Å². The van der Waals surface area contributed by atoms with Gasteiger partial charge in [0.05, 0.1) is 23.9 Å². The number of hydrogen-bond donors (Lipinski definition) is 2. The molecular formula is C18H21N3O5S. The van der Waals surface area contributed by atoms with Gasteiger partial charge in [0.1, 0.15) is 0 Å². The van der Waals surface area contributed by atoms with E-state index in [1.165, 1.54) is 23.7 Å². The number of carbonyl (C=O) groups excluding carboxylic acids is 4. The largest absolute Gasteiger partial charge is 0.456 e. The summed E-state index contributed by atoms with van der Waals surface area (Å²) in [5.41, 5.74) is 0.721. The molecular weight excluding hydrogens is 370 g/mol. The van der Waals surface area contributed by atoms with Crippen molar-refractivity contribution < 1.29 is 23.9 Å². The molecule has 0 radical (unpaired) electrons. The number of likely N-dealkylation sites (N-methyl/N-ethyl adjacent to an activating group) is 1. The van der Waals surface area contributed by atoms with Crippen LogP contribution in [0.25, 0.3) is 0 Å². The van der Waals surface area contributed by atoms with Crippen molar-refractivity contribution in [2.75, 3.05) is 25.5 Å². The number of carbonyl (C=O) groups is 4. The minimum absolute atomic E-state index is 0.0788. The number of ether oxygens (including phenoxy) is 1. The van der Waals surface area contributed by atoms with E-state index in [1.807, 2.05) is 18.2 Å². The van der Waals surface area contributed by atoms with Crippen LogP contribution in [0, 0.1) is 0 Å². The maximum atomic E-state index is 12.1. The fourth-order valence-electron chi connectivity index (χ4n) is 2.49. The van der Waals surface area contributed by atoms with E-state index in [0.29, 0.717) is 0 Å². The number of nitrogens with zero attached hydrogens (tertiary/aromatic N) is 1. The molecule has 0 saturated heterocycles. The van der Waals surface area contributed by atoms with Crippen LogP contribution in [0.15, 0.2) is 29.2 Å². The first-order valence-corrected chi connectivity index (χ1v) is 9.56. The van der Waals surface area contributed by atoms with Gasteiger partial charge >= 0.3 is 5.97 Å². The Morgan fingerprint density at radius 1 is 1.30 bits per heavy atom. The van der Waals surface area contributed by atoms with Crippen LogP contribution in [0.1, 0.15) is 19.3 Å². The lowest BCUT2D eigenvalue weighted by atomic mass is 10.2. The molecule has 144 valence electrons. The Morgan fingerprint density at radius 3 is 2.78 bits per heavy atom. The number of thioether (sulfide) groups is 1. The van der Waals surface area contributed by atoms with Gasteiger partial charge in [-0.3, -0.25) is 19.2 Å². The van der Waals surface area contributed by atoms with Gasteiger partial charge in [0.25, 0.3) is 5.91 Å². The van der Waals surface area contributed by atoms with E-state index in [2.05, 4.69) is 10.6 Å². The minimum Gasteiger partial charge on any atom is -0.456 e. The smallest absolute Gasteiger partial charge is 0.307 e. The van der Waals surface area contributed by atoms with Crippen LogP contribution in [0.3, 0.4) is 0 Å². The predicted molar refractivity (Wildman–Crippen MR) is 99.1 cm³/mol. The molecule has 0 spiro atoms. The summed E-state index contributed by atoms with van der Waals surface area (Å²) in [6, 6.07) is 7.56. The lowest BCUT2D eigenvalue weighted by Gasteiger charge is -2.23. The Hall–Kier alpha value is -2.55. The molecule has 3 rings (SSSR count). The van der Waals surface area contributed by atoms with E-state index in [9.17, 15) is 19.2 Å². The molecule has 1 saturated carbocycles. The normalized spacial score (nSPS) is 18.1. The van der Waals surface area contributed by atoms with Gasteiger partial charge in [0.15, 0.2) is 6.61 Å². The number of hydrogen-bond acceptors (Lipinski definition) is 6. The number of amides is 3. The summed E-state index contributed by atoms with van der Waals surface area (Å²) in [6.45, 7) is -0.536. The second-order valence-electron chi connectivity index (χ2n) is 6.55. The third kappa shape index (κ3) is 5.46. The molecule has 1 aromatic carbocycles. The van der Waals surface area contributed by atoms with Gasteiger partial charge < -0.3 is 20.3 Å². The Morgan fingerprint density at radius 2 is 2.04 bits per heavy atom. The Balaban J connectivity index is 1.41.